The van der Waals surface area contributed by atoms with E-state index >= 15 is 0 Å². The van der Waals surface area contributed by atoms with Crippen LogP contribution in [0.15, 0.2) is 24.4 Å². The molecule has 1 atom stereocenters. The maximum atomic E-state index is 9.81. The van der Waals surface area contributed by atoms with E-state index in [-0.39, 0.29) is 18.0 Å². The fourth-order valence-electron chi connectivity index (χ4n) is 2.78. The zero-order chi connectivity index (χ0) is 15.2. The number of aryl methyl sites for hydroxylation is 1. The quantitative estimate of drug-likeness (QED) is 0.891. The summed E-state index contributed by atoms with van der Waals surface area (Å²) in [6, 6.07) is 6.18. The molecule has 0 unspecified atom stereocenters. The first kappa shape index (κ1) is 14.1. The average molecular weight is 305 g/mol. The van der Waals surface area contributed by atoms with Crippen LogP contribution in [-0.2, 0) is 5.41 Å². The zero-order valence-corrected chi connectivity index (χ0v) is 12.7. The number of anilines is 3. The maximum absolute atomic E-state index is 9.81. The van der Waals surface area contributed by atoms with Crippen molar-refractivity contribution in [3.05, 3.63) is 40.5 Å². The first-order valence-electron chi connectivity index (χ1n) is 6.72. The highest BCUT2D eigenvalue weighted by atomic mass is 35.5. The highest BCUT2D eigenvalue weighted by Gasteiger charge is 2.40. The van der Waals surface area contributed by atoms with Crippen LogP contribution >= 0.6 is 11.6 Å². The van der Waals surface area contributed by atoms with Crippen molar-refractivity contribution in [1.29, 1.82) is 0 Å². The largest absolute Gasteiger partial charge is 0.395 e. The smallest absolute Gasteiger partial charge is 0.222 e. The number of halogens is 1. The number of hydrogen-bond donors (Lipinski definition) is 2. The number of rotatable bonds is 2. The van der Waals surface area contributed by atoms with Crippen LogP contribution in [0.5, 0.6) is 0 Å². The summed E-state index contributed by atoms with van der Waals surface area (Å²) in [5, 5.41) is 10.3. The summed E-state index contributed by atoms with van der Waals surface area (Å²) >= 11 is 6.23. The Morgan fingerprint density at radius 2 is 2.24 bits per heavy atom. The lowest BCUT2D eigenvalue weighted by Gasteiger charge is -2.24. The Bertz CT molecular complexity index is 706. The van der Waals surface area contributed by atoms with Crippen LogP contribution in [0.25, 0.3) is 0 Å². The van der Waals surface area contributed by atoms with E-state index in [1.165, 1.54) is 6.20 Å². The molecule has 5 nitrogen and oxygen atoms in total. The van der Waals surface area contributed by atoms with E-state index in [0.717, 1.165) is 16.8 Å². The fraction of sp³-hybridized carbons (Fsp3) is 0.333. The lowest BCUT2D eigenvalue weighted by Crippen LogP contribution is -2.32. The lowest BCUT2D eigenvalue weighted by molar-refractivity contribution is 0.216. The third kappa shape index (κ3) is 2.22. The molecule has 1 aliphatic heterocycles. The van der Waals surface area contributed by atoms with E-state index in [4.69, 9.17) is 17.3 Å². The van der Waals surface area contributed by atoms with Gasteiger partial charge >= 0.3 is 0 Å². The Morgan fingerprint density at radius 1 is 1.48 bits per heavy atom. The summed E-state index contributed by atoms with van der Waals surface area (Å²) < 4.78 is 0. The van der Waals surface area contributed by atoms with Gasteiger partial charge in [-0.05, 0) is 24.1 Å². The standard InChI is InChI=1S/C15H17ClN4O/c1-9-3-4-10-12(5-9)20(7-15(10,2)8-21)13-11(16)6-18-14(17)19-13/h3-6,21H,7-8H2,1-2H3,(H2,17,18,19)/t15-/m0/s1. The van der Waals surface area contributed by atoms with Gasteiger partial charge in [-0.3, -0.25) is 0 Å². The topological polar surface area (TPSA) is 75.3 Å². The number of benzene rings is 1. The van der Waals surface area contributed by atoms with Gasteiger partial charge in [0.1, 0.15) is 5.02 Å². The van der Waals surface area contributed by atoms with Gasteiger partial charge in [0.25, 0.3) is 0 Å². The third-order valence-electron chi connectivity index (χ3n) is 3.95. The van der Waals surface area contributed by atoms with E-state index in [1.54, 1.807) is 0 Å². The summed E-state index contributed by atoms with van der Waals surface area (Å²) in [4.78, 5) is 10.2. The number of aliphatic hydroxyl groups is 1. The maximum Gasteiger partial charge on any atom is 0.222 e. The van der Waals surface area contributed by atoms with Crippen LogP contribution in [0.3, 0.4) is 0 Å². The Hall–Kier alpha value is -1.85. The highest BCUT2D eigenvalue weighted by molar-refractivity contribution is 6.33. The van der Waals surface area contributed by atoms with Gasteiger partial charge in [-0.1, -0.05) is 30.7 Å². The summed E-state index contributed by atoms with van der Waals surface area (Å²) in [6.45, 7) is 4.71. The summed E-state index contributed by atoms with van der Waals surface area (Å²) in [7, 11) is 0. The molecule has 21 heavy (non-hydrogen) atoms. The third-order valence-corrected chi connectivity index (χ3v) is 4.22. The number of aliphatic hydroxyl groups excluding tert-OH is 1. The molecule has 0 saturated heterocycles. The van der Waals surface area contributed by atoms with E-state index in [0.29, 0.717) is 17.4 Å². The number of nitrogens with zero attached hydrogens (tertiary/aromatic N) is 3. The molecule has 3 N–H and O–H groups in total. The van der Waals surface area contributed by atoms with Gasteiger partial charge in [0, 0.05) is 17.6 Å². The van der Waals surface area contributed by atoms with E-state index in [1.807, 2.05) is 24.8 Å². The van der Waals surface area contributed by atoms with Gasteiger partial charge in [0.15, 0.2) is 5.82 Å². The van der Waals surface area contributed by atoms with Crippen LogP contribution in [-0.4, -0.2) is 28.2 Å². The lowest BCUT2D eigenvalue weighted by atomic mass is 9.85. The fourth-order valence-corrected chi connectivity index (χ4v) is 2.97. The molecule has 3 rings (SSSR count). The number of nitrogen functional groups attached to an aromatic ring is 1. The van der Waals surface area contributed by atoms with E-state index < -0.39 is 0 Å². The number of aromatic nitrogens is 2. The van der Waals surface area contributed by atoms with Gasteiger partial charge in [0.2, 0.25) is 5.95 Å². The molecule has 0 radical (unpaired) electrons. The number of fused-ring (bicyclic) bond motifs is 1. The minimum Gasteiger partial charge on any atom is -0.395 e. The average Bonchev–Trinajstić information content (AvgIpc) is 2.75. The Labute approximate surface area is 128 Å². The van der Waals surface area contributed by atoms with Crippen molar-refractivity contribution in [3.63, 3.8) is 0 Å². The van der Waals surface area contributed by atoms with Gasteiger partial charge in [-0.2, -0.15) is 4.98 Å². The molecular weight excluding hydrogens is 288 g/mol. The molecule has 0 aliphatic carbocycles. The predicted octanol–water partition coefficient (Wildman–Crippen LogP) is 2.42. The molecule has 1 aromatic heterocycles. The molecule has 1 aliphatic rings. The molecule has 110 valence electrons. The van der Waals surface area contributed by atoms with Crippen LogP contribution in [0.1, 0.15) is 18.1 Å². The van der Waals surface area contributed by atoms with Crippen LogP contribution in [0, 0.1) is 6.92 Å². The molecule has 0 bridgehead atoms. The van der Waals surface area contributed by atoms with E-state index in [2.05, 4.69) is 22.1 Å². The second-order valence-corrected chi connectivity index (χ2v) is 6.13. The van der Waals surface area contributed by atoms with Crippen molar-refractivity contribution >= 4 is 29.1 Å². The van der Waals surface area contributed by atoms with Crippen molar-refractivity contribution in [2.75, 3.05) is 23.8 Å². The number of nitrogens with two attached hydrogens (primary N) is 1. The van der Waals surface area contributed by atoms with Crippen LogP contribution in [0.4, 0.5) is 17.5 Å². The van der Waals surface area contributed by atoms with Crippen molar-refractivity contribution in [1.82, 2.24) is 9.97 Å². The minimum atomic E-state index is -0.355. The first-order valence-corrected chi connectivity index (χ1v) is 7.10. The van der Waals surface area contributed by atoms with Crippen molar-refractivity contribution in [3.8, 4) is 0 Å². The molecule has 6 heteroatoms. The predicted molar refractivity (Wildman–Crippen MR) is 84.1 cm³/mol. The summed E-state index contributed by atoms with van der Waals surface area (Å²) in [6.07, 6.45) is 1.50. The van der Waals surface area contributed by atoms with Crippen LogP contribution in [0.2, 0.25) is 5.02 Å². The second kappa shape index (κ2) is 4.86. The van der Waals surface area contributed by atoms with Crippen molar-refractivity contribution in [2.24, 2.45) is 0 Å². The Balaban J connectivity index is 2.18. The molecule has 1 aromatic carbocycles. The Morgan fingerprint density at radius 3 is 2.95 bits per heavy atom. The molecule has 0 saturated carbocycles. The van der Waals surface area contributed by atoms with Gasteiger partial charge in [-0.25, -0.2) is 4.98 Å². The van der Waals surface area contributed by atoms with Crippen molar-refractivity contribution < 1.29 is 5.11 Å². The zero-order valence-electron chi connectivity index (χ0n) is 12.0. The molecule has 2 heterocycles. The van der Waals surface area contributed by atoms with Gasteiger partial charge in [-0.15, -0.1) is 0 Å². The molecule has 0 fully saturated rings. The summed E-state index contributed by atoms with van der Waals surface area (Å²) in [5.41, 5.74) is 8.56. The monoisotopic (exact) mass is 304 g/mol. The first-order chi connectivity index (χ1) is 9.94. The van der Waals surface area contributed by atoms with Crippen LogP contribution < -0.4 is 10.6 Å². The van der Waals surface area contributed by atoms with Gasteiger partial charge in [0.05, 0.1) is 12.8 Å². The summed E-state index contributed by atoms with van der Waals surface area (Å²) in [5.74, 6) is 0.759. The SMILES string of the molecule is Cc1ccc2c(c1)N(c1nc(N)ncc1Cl)C[C@@]2(C)CO. The van der Waals surface area contributed by atoms with Crippen molar-refractivity contribution in [2.45, 2.75) is 19.3 Å². The minimum absolute atomic E-state index is 0.0533. The normalized spacial score (nSPS) is 20.7. The number of hydrogen-bond acceptors (Lipinski definition) is 5. The molecule has 0 spiro atoms. The molecular formula is C15H17ClN4O. The highest BCUT2D eigenvalue weighted by Crippen LogP contribution is 2.45. The second-order valence-electron chi connectivity index (χ2n) is 5.73. The molecule has 0 amide bonds. The van der Waals surface area contributed by atoms with E-state index in [9.17, 15) is 5.11 Å². The van der Waals surface area contributed by atoms with Gasteiger partial charge < -0.3 is 15.7 Å². The Kier molecular flexibility index (Phi) is 3.26. The molecule has 2 aromatic rings.